The Kier molecular flexibility index (Phi) is 5.29. The molecule has 0 radical (unpaired) electrons. The van der Waals surface area contributed by atoms with Crippen molar-refractivity contribution in [1.29, 1.82) is 0 Å². The van der Waals surface area contributed by atoms with Gasteiger partial charge in [-0.15, -0.1) is 5.10 Å². The van der Waals surface area contributed by atoms with E-state index in [0.717, 1.165) is 12.1 Å². The fourth-order valence-electron chi connectivity index (χ4n) is 3.92. The zero-order valence-corrected chi connectivity index (χ0v) is 18.9. The minimum absolute atomic E-state index is 0.00644. The number of fused-ring (bicyclic) bond motifs is 1. The molecule has 1 amide bonds. The summed E-state index contributed by atoms with van der Waals surface area (Å²) in [5.74, 6) is -0.648. The first-order valence-electron chi connectivity index (χ1n) is 10.4. The average molecular weight is 486 g/mol. The van der Waals surface area contributed by atoms with E-state index in [1.165, 1.54) is 31.8 Å². The molecule has 1 N–H and O–H groups in total. The number of H-pyrrole nitrogens is 1. The smallest absolute Gasteiger partial charge is 0.276 e. The Balaban J connectivity index is 1.33. The Labute approximate surface area is 193 Å². The number of halogens is 1. The number of piperazine rings is 1. The van der Waals surface area contributed by atoms with Crippen LogP contribution in [0.2, 0.25) is 0 Å². The van der Waals surface area contributed by atoms with Gasteiger partial charge in [-0.05, 0) is 43.3 Å². The van der Waals surface area contributed by atoms with Crippen LogP contribution in [-0.4, -0.2) is 74.1 Å². The van der Waals surface area contributed by atoms with E-state index in [2.05, 4.69) is 15.2 Å². The molecule has 4 heterocycles. The van der Waals surface area contributed by atoms with Crippen LogP contribution in [-0.2, 0) is 10.0 Å². The Morgan fingerprint density at radius 1 is 1.09 bits per heavy atom. The molecule has 1 saturated heterocycles. The van der Waals surface area contributed by atoms with Gasteiger partial charge in [0.1, 0.15) is 11.3 Å². The lowest BCUT2D eigenvalue weighted by atomic mass is 10.2. The second-order valence-corrected chi connectivity index (χ2v) is 9.76. The molecule has 176 valence electrons. The van der Waals surface area contributed by atoms with Gasteiger partial charge in [-0.3, -0.25) is 14.6 Å². The van der Waals surface area contributed by atoms with Gasteiger partial charge in [-0.25, -0.2) is 22.0 Å². The Morgan fingerprint density at radius 2 is 1.79 bits per heavy atom. The number of nitrogens with one attached hydrogen (secondary N) is 1. The van der Waals surface area contributed by atoms with Gasteiger partial charge in [0.05, 0.1) is 22.3 Å². The zero-order valence-electron chi connectivity index (χ0n) is 18.0. The number of hydrogen-bond acceptors (Lipinski definition) is 6. The molecule has 0 saturated carbocycles. The van der Waals surface area contributed by atoms with E-state index >= 15 is 0 Å². The summed E-state index contributed by atoms with van der Waals surface area (Å²) in [6.45, 7) is 2.29. The number of nitrogens with zero attached hydrogens (tertiary/aromatic N) is 6. The monoisotopic (exact) mass is 485 g/mol. The fourth-order valence-corrected chi connectivity index (χ4v) is 5.34. The molecule has 1 fully saturated rings. The first-order valence-corrected chi connectivity index (χ1v) is 11.9. The van der Waals surface area contributed by atoms with Gasteiger partial charge in [0, 0.05) is 32.4 Å². The third-order valence-electron chi connectivity index (χ3n) is 5.81. The normalized spacial score (nSPS) is 15.2. The van der Waals surface area contributed by atoms with E-state index in [-0.39, 0.29) is 48.5 Å². The van der Waals surface area contributed by atoms with Crippen LogP contribution in [0.1, 0.15) is 16.1 Å². The molecule has 5 rings (SSSR count). The second kappa shape index (κ2) is 8.18. The quantitative estimate of drug-likeness (QED) is 0.456. The first-order chi connectivity index (χ1) is 16.3. The van der Waals surface area contributed by atoms with Crippen molar-refractivity contribution in [3.05, 3.63) is 76.2 Å². The minimum Gasteiger partial charge on any atom is -0.336 e. The predicted octanol–water partition coefficient (Wildman–Crippen LogP) is 0.803. The summed E-state index contributed by atoms with van der Waals surface area (Å²) in [5.41, 5.74) is 0.862. The summed E-state index contributed by atoms with van der Waals surface area (Å²) in [6, 6.07) is 7.98. The van der Waals surface area contributed by atoms with Crippen molar-refractivity contribution in [1.82, 2.24) is 33.6 Å². The van der Waals surface area contributed by atoms with Crippen molar-refractivity contribution in [2.24, 2.45) is 0 Å². The number of benzene rings is 1. The second-order valence-electron chi connectivity index (χ2n) is 7.82. The van der Waals surface area contributed by atoms with Gasteiger partial charge >= 0.3 is 0 Å². The Morgan fingerprint density at radius 3 is 2.50 bits per heavy atom. The van der Waals surface area contributed by atoms with Crippen LogP contribution in [0.5, 0.6) is 0 Å². The fraction of sp³-hybridized carbons (Fsp3) is 0.238. The SMILES string of the molecule is Cc1c(C(=O)N2CCN(S(=O)(=O)c3ccc(F)cc3)CC2)cnn1-c1nn2cccc2c(=O)[nH]1. The third kappa shape index (κ3) is 3.68. The molecular formula is C21H20FN7O4S. The van der Waals surface area contributed by atoms with E-state index in [4.69, 9.17) is 0 Å². The molecule has 3 aromatic heterocycles. The van der Waals surface area contributed by atoms with Crippen molar-refractivity contribution >= 4 is 21.4 Å². The number of carbonyl (C=O) groups is 1. The van der Waals surface area contributed by atoms with Crippen molar-refractivity contribution in [2.75, 3.05) is 26.2 Å². The number of hydrogen-bond donors (Lipinski definition) is 1. The topological polar surface area (TPSA) is 126 Å². The molecule has 11 nitrogen and oxygen atoms in total. The first kappa shape index (κ1) is 22.0. The van der Waals surface area contributed by atoms with Crippen LogP contribution in [0, 0.1) is 12.7 Å². The number of rotatable bonds is 4. The van der Waals surface area contributed by atoms with Crippen molar-refractivity contribution in [2.45, 2.75) is 11.8 Å². The number of amides is 1. The highest BCUT2D eigenvalue weighted by Crippen LogP contribution is 2.20. The molecule has 0 bridgehead atoms. The average Bonchev–Trinajstić information content (AvgIpc) is 3.46. The van der Waals surface area contributed by atoms with Crippen LogP contribution in [0.15, 0.2) is 58.5 Å². The van der Waals surface area contributed by atoms with Crippen LogP contribution in [0.3, 0.4) is 0 Å². The number of carbonyl (C=O) groups excluding carboxylic acids is 1. The molecule has 0 unspecified atom stereocenters. The van der Waals surface area contributed by atoms with Crippen molar-refractivity contribution in [3.8, 4) is 5.95 Å². The third-order valence-corrected chi connectivity index (χ3v) is 7.72. The van der Waals surface area contributed by atoms with E-state index in [1.807, 2.05) is 0 Å². The summed E-state index contributed by atoms with van der Waals surface area (Å²) in [6.07, 6.45) is 3.04. The molecule has 34 heavy (non-hydrogen) atoms. The summed E-state index contributed by atoms with van der Waals surface area (Å²) >= 11 is 0. The summed E-state index contributed by atoms with van der Waals surface area (Å²) in [5, 5.41) is 8.54. The van der Waals surface area contributed by atoms with Crippen LogP contribution >= 0.6 is 0 Å². The zero-order chi connectivity index (χ0) is 24.0. The molecule has 4 aromatic rings. The lowest BCUT2D eigenvalue weighted by Gasteiger charge is -2.34. The van der Waals surface area contributed by atoms with E-state index in [9.17, 15) is 22.4 Å². The maximum Gasteiger partial charge on any atom is 0.276 e. The molecule has 0 atom stereocenters. The largest absolute Gasteiger partial charge is 0.336 e. The molecule has 13 heteroatoms. The van der Waals surface area contributed by atoms with Gasteiger partial charge in [-0.1, -0.05) is 0 Å². The van der Waals surface area contributed by atoms with Crippen molar-refractivity contribution in [3.63, 3.8) is 0 Å². The van der Waals surface area contributed by atoms with E-state index < -0.39 is 15.8 Å². The number of aromatic amines is 1. The number of aromatic nitrogens is 5. The number of sulfonamides is 1. The van der Waals surface area contributed by atoms with Crippen LogP contribution < -0.4 is 5.56 Å². The lowest BCUT2D eigenvalue weighted by Crippen LogP contribution is -2.50. The Hall–Kier alpha value is -3.84. The molecular weight excluding hydrogens is 465 g/mol. The minimum atomic E-state index is -3.78. The van der Waals surface area contributed by atoms with Gasteiger partial charge in [-0.2, -0.15) is 9.40 Å². The van der Waals surface area contributed by atoms with E-state index in [0.29, 0.717) is 16.8 Å². The molecule has 1 aromatic carbocycles. The maximum atomic E-state index is 13.2. The van der Waals surface area contributed by atoms with Gasteiger partial charge in [0.2, 0.25) is 16.0 Å². The van der Waals surface area contributed by atoms with Crippen LogP contribution in [0.25, 0.3) is 11.5 Å². The van der Waals surface area contributed by atoms with Gasteiger partial charge < -0.3 is 4.90 Å². The standard InChI is InChI=1S/C21H20FN7O4S/c1-14-17(13-23-29(14)21-24-19(30)18-3-2-8-28(18)25-21)20(31)26-9-11-27(12-10-26)34(32,33)16-6-4-15(22)5-7-16/h2-8,13H,9-12H2,1H3,(H,24,25,30). The summed E-state index contributed by atoms with van der Waals surface area (Å²) in [7, 11) is -3.78. The van der Waals surface area contributed by atoms with Gasteiger partial charge in [0.15, 0.2) is 0 Å². The van der Waals surface area contributed by atoms with Gasteiger partial charge in [0.25, 0.3) is 11.5 Å². The molecule has 1 aliphatic heterocycles. The maximum absolute atomic E-state index is 13.2. The predicted molar refractivity (Wildman–Crippen MR) is 119 cm³/mol. The highest BCUT2D eigenvalue weighted by molar-refractivity contribution is 7.89. The van der Waals surface area contributed by atoms with Crippen molar-refractivity contribution < 1.29 is 17.6 Å². The molecule has 1 aliphatic rings. The molecule has 0 spiro atoms. The summed E-state index contributed by atoms with van der Waals surface area (Å²) < 4.78 is 42.9. The van der Waals surface area contributed by atoms with E-state index in [1.54, 1.807) is 30.2 Å². The molecule has 0 aliphatic carbocycles. The summed E-state index contributed by atoms with van der Waals surface area (Å²) in [4.78, 5) is 29.6. The highest BCUT2D eigenvalue weighted by atomic mass is 32.2. The highest BCUT2D eigenvalue weighted by Gasteiger charge is 2.31. The Bertz CT molecular complexity index is 1550. The van der Waals surface area contributed by atoms with Crippen LogP contribution in [0.4, 0.5) is 4.39 Å². The lowest BCUT2D eigenvalue weighted by molar-refractivity contribution is 0.0697.